The molecule has 0 aliphatic rings. The predicted molar refractivity (Wildman–Crippen MR) is 86.1 cm³/mol. The van der Waals surface area contributed by atoms with Crippen LogP contribution in [0.2, 0.25) is 0 Å². The molecule has 3 N–H and O–H groups in total. The van der Waals surface area contributed by atoms with Crippen LogP contribution in [0.25, 0.3) is 5.69 Å². The van der Waals surface area contributed by atoms with Crippen LogP contribution in [0.1, 0.15) is 22.5 Å². The van der Waals surface area contributed by atoms with Crippen molar-refractivity contribution in [2.45, 2.75) is 19.1 Å². The summed E-state index contributed by atoms with van der Waals surface area (Å²) in [5.74, 6) is -2.93. The van der Waals surface area contributed by atoms with Gasteiger partial charge in [0.25, 0.3) is 0 Å². The lowest BCUT2D eigenvalue weighted by Gasteiger charge is -2.09. The molecule has 2 aromatic rings. The monoisotopic (exact) mass is 384 g/mol. The first-order valence-electron chi connectivity index (χ1n) is 7.62. The summed E-state index contributed by atoms with van der Waals surface area (Å²) >= 11 is 0. The third-order valence-electron chi connectivity index (χ3n) is 3.28. The van der Waals surface area contributed by atoms with Crippen LogP contribution in [0.15, 0.2) is 36.5 Å². The van der Waals surface area contributed by atoms with E-state index >= 15 is 0 Å². The minimum atomic E-state index is -4.54. The van der Waals surface area contributed by atoms with Gasteiger partial charge >= 0.3 is 12.1 Å². The average molecular weight is 384 g/mol. The third kappa shape index (κ3) is 6.45. The molecule has 1 heterocycles. The second-order valence-electron chi connectivity index (χ2n) is 5.47. The Kier molecular flexibility index (Phi) is 6.16. The Balaban J connectivity index is 1.89. The molecule has 0 radical (unpaired) electrons. The predicted octanol–water partition coefficient (Wildman–Crippen LogP) is 1.26. The van der Waals surface area contributed by atoms with Gasteiger partial charge in [0.05, 0.1) is 5.69 Å². The molecule has 0 saturated carbocycles. The summed E-state index contributed by atoms with van der Waals surface area (Å²) in [5.41, 5.74) is 1.06. The Morgan fingerprint density at radius 1 is 1.11 bits per heavy atom. The lowest BCUT2D eigenvalue weighted by molar-refractivity contribution is -0.140. The number of benzene rings is 1. The second-order valence-corrected chi connectivity index (χ2v) is 5.47. The molecule has 0 aliphatic carbocycles. The number of amides is 2. The smallest absolute Gasteiger partial charge is 0.405 e. The Hall–Kier alpha value is -3.37. The molecule has 8 nitrogen and oxygen atoms in total. The van der Waals surface area contributed by atoms with E-state index in [2.05, 4.69) is 10.4 Å². The Morgan fingerprint density at radius 3 is 2.44 bits per heavy atom. The number of nitrogens with zero attached hydrogens (tertiary/aromatic N) is 2. The van der Waals surface area contributed by atoms with E-state index in [1.807, 2.05) is 0 Å². The number of rotatable bonds is 7. The number of aromatic nitrogens is 2. The number of hydrogen-bond acceptors (Lipinski definition) is 4. The van der Waals surface area contributed by atoms with Gasteiger partial charge in [-0.15, -0.1) is 0 Å². The van der Waals surface area contributed by atoms with Crippen LogP contribution in [0.3, 0.4) is 0 Å². The van der Waals surface area contributed by atoms with Gasteiger partial charge in [0, 0.05) is 12.7 Å². The minimum Gasteiger partial charge on any atom is -0.476 e. The average Bonchev–Trinajstić information content (AvgIpc) is 3.08. The van der Waals surface area contributed by atoms with Crippen molar-refractivity contribution in [3.63, 3.8) is 0 Å². The largest absolute Gasteiger partial charge is 0.476 e. The summed E-state index contributed by atoms with van der Waals surface area (Å²) in [5, 5.41) is 16.8. The van der Waals surface area contributed by atoms with Gasteiger partial charge in [-0.3, -0.25) is 9.59 Å². The van der Waals surface area contributed by atoms with Gasteiger partial charge in [0.2, 0.25) is 11.8 Å². The van der Waals surface area contributed by atoms with Crippen LogP contribution < -0.4 is 10.6 Å². The molecule has 0 bridgehead atoms. The van der Waals surface area contributed by atoms with Gasteiger partial charge in [-0.2, -0.15) is 18.3 Å². The molecule has 11 heteroatoms. The number of nitrogens with one attached hydrogen (secondary N) is 2. The quantitative estimate of drug-likeness (QED) is 0.622. The van der Waals surface area contributed by atoms with E-state index in [4.69, 9.17) is 5.11 Å². The lowest BCUT2D eigenvalue weighted by atomic mass is 10.2. The van der Waals surface area contributed by atoms with Crippen molar-refractivity contribution in [1.29, 1.82) is 0 Å². The zero-order valence-electron chi connectivity index (χ0n) is 13.8. The zero-order valence-corrected chi connectivity index (χ0v) is 13.8. The van der Waals surface area contributed by atoms with E-state index in [0.717, 1.165) is 0 Å². The molecule has 2 rings (SSSR count). The van der Waals surface area contributed by atoms with Crippen molar-refractivity contribution in [1.82, 2.24) is 20.4 Å². The molecule has 0 spiro atoms. The summed E-state index contributed by atoms with van der Waals surface area (Å²) < 4.78 is 37.3. The van der Waals surface area contributed by atoms with Crippen molar-refractivity contribution in [2.24, 2.45) is 0 Å². The lowest BCUT2D eigenvalue weighted by Crippen LogP contribution is -2.37. The molecule has 2 amide bonds. The van der Waals surface area contributed by atoms with Gasteiger partial charge in [0.15, 0.2) is 5.69 Å². The number of alkyl halides is 3. The standard InChI is InChI=1S/C16H15F3N4O4/c17-16(18,19)9-21-14(25)7-13(24)20-8-10-2-1-3-11(6-10)23-5-4-12(22-23)15(26)27/h1-6H,7-9H2,(H,20,24)(H,21,25)(H,26,27). The number of carbonyl (C=O) groups excluding carboxylic acids is 2. The number of aromatic carboxylic acids is 1. The molecule has 1 aromatic heterocycles. The third-order valence-corrected chi connectivity index (χ3v) is 3.28. The Labute approximate surface area is 151 Å². The molecular weight excluding hydrogens is 369 g/mol. The van der Waals surface area contributed by atoms with E-state index in [-0.39, 0.29) is 12.2 Å². The fourth-order valence-corrected chi connectivity index (χ4v) is 2.06. The highest BCUT2D eigenvalue weighted by Crippen LogP contribution is 2.12. The highest BCUT2D eigenvalue weighted by Gasteiger charge is 2.27. The molecule has 0 saturated heterocycles. The van der Waals surface area contributed by atoms with Crippen LogP contribution >= 0.6 is 0 Å². The molecule has 1 aromatic carbocycles. The highest BCUT2D eigenvalue weighted by atomic mass is 19.4. The Bertz CT molecular complexity index is 848. The van der Waals surface area contributed by atoms with Gasteiger partial charge < -0.3 is 15.7 Å². The fourth-order valence-electron chi connectivity index (χ4n) is 2.06. The van der Waals surface area contributed by atoms with Gasteiger partial charge in [-0.05, 0) is 23.8 Å². The van der Waals surface area contributed by atoms with Crippen LogP contribution in [-0.4, -0.2) is 45.4 Å². The maximum Gasteiger partial charge on any atom is 0.405 e. The van der Waals surface area contributed by atoms with Crippen molar-refractivity contribution < 1.29 is 32.7 Å². The summed E-state index contributed by atoms with van der Waals surface area (Å²) in [6.07, 6.45) is -3.80. The van der Waals surface area contributed by atoms with Crippen molar-refractivity contribution in [3.05, 3.63) is 47.8 Å². The van der Waals surface area contributed by atoms with E-state index in [9.17, 15) is 27.6 Å². The normalized spacial score (nSPS) is 11.1. The zero-order chi connectivity index (χ0) is 20.0. The van der Waals surface area contributed by atoms with Crippen LogP contribution in [0.5, 0.6) is 0 Å². The summed E-state index contributed by atoms with van der Waals surface area (Å²) in [4.78, 5) is 33.8. The number of hydrogen-bond donors (Lipinski definition) is 3. The maximum absolute atomic E-state index is 12.0. The number of carboxylic acids is 1. The molecular formula is C16H15F3N4O4. The van der Waals surface area contributed by atoms with Crippen molar-refractivity contribution >= 4 is 17.8 Å². The van der Waals surface area contributed by atoms with Gasteiger partial charge in [0.1, 0.15) is 13.0 Å². The van der Waals surface area contributed by atoms with E-state index < -0.39 is 36.9 Å². The van der Waals surface area contributed by atoms with Crippen molar-refractivity contribution in [3.8, 4) is 5.69 Å². The Morgan fingerprint density at radius 2 is 1.81 bits per heavy atom. The molecule has 27 heavy (non-hydrogen) atoms. The van der Waals surface area contributed by atoms with Crippen LogP contribution in [0, 0.1) is 0 Å². The SMILES string of the molecule is O=C(CC(=O)NCC(F)(F)F)NCc1cccc(-n2ccc(C(=O)O)n2)c1. The molecule has 144 valence electrons. The van der Waals surface area contributed by atoms with Gasteiger partial charge in [-0.1, -0.05) is 12.1 Å². The minimum absolute atomic E-state index is 0.0340. The number of carboxylic acid groups (broad SMARTS) is 1. The molecule has 0 atom stereocenters. The van der Waals surface area contributed by atoms with E-state index in [1.165, 1.54) is 16.9 Å². The second kappa shape index (κ2) is 8.34. The van der Waals surface area contributed by atoms with E-state index in [1.54, 1.807) is 29.6 Å². The molecule has 0 aliphatic heterocycles. The number of halogens is 3. The first-order chi connectivity index (χ1) is 12.6. The van der Waals surface area contributed by atoms with Gasteiger partial charge in [-0.25, -0.2) is 9.48 Å². The fraction of sp³-hybridized carbons (Fsp3) is 0.250. The van der Waals surface area contributed by atoms with E-state index in [0.29, 0.717) is 11.3 Å². The molecule has 0 fully saturated rings. The summed E-state index contributed by atoms with van der Waals surface area (Å²) in [7, 11) is 0. The first-order valence-corrected chi connectivity index (χ1v) is 7.62. The molecule has 0 unspecified atom stereocenters. The van der Waals surface area contributed by atoms with Crippen LogP contribution in [0.4, 0.5) is 13.2 Å². The highest BCUT2D eigenvalue weighted by molar-refractivity contribution is 5.96. The number of carbonyl (C=O) groups is 3. The van der Waals surface area contributed by atoms with Crippen molar-refractivity contribution in [2.75, 3.05) is 6.54 Å². The first kappa shape index (κ1) is 19.9. The summed E-state index contributed by atoms with van der Waals surface area (Å²) in [6.45, 7) is -1.46. The summed E-state index contributed by atoms with van der Waals surface area (Å²) in [6, 6.07) is 7.98. The topological polar surface area (TPSA) is 113 Å². The van der Waals surface area contributed by atoms with Crippen LogP contribution in [-0.2, 0) is 16.1 Å². The maximum atomic E-state index is 12.0.